The Hall–Kier alpha value is -3.06. The van der Waals surface area contributed by atoms with Crippen LogP contribution in [-0.2, 0) is 18.2 Å². The zero-order chi connectivity index (χ0) is 21.1. The number of carbonyl (C=O) groups is 1. The quantitative estimate of drug-likeness (QED) is 0.702. The molecule has 1 atom stereocenters. The summed E-state index contributed by atoms with van der Waals surface area (Å²) in [6, 6.07) is 8.76. The molecule has 4 rings (SSSR count). The van der Waals surface area contributed by atoms with Crippen molar-refractivity contribution in [3.8, 4) is 11.3 Å². The normalized spacial score (nSPS) is 16.4. The fraction of sp³-hybridized carbons (Fsp3) is 0.348. The summed E-state index contributed by atoms with van der Waals surface area (Å²) >= 11 is 0. The number of aromatic nitrogens is 3. The molecule has 0 aliphatic carbocycles. The molecule has 30 heavy (non-hydrogen) atoms. The number of pyridine rings is 1. The molecule has 1 aliphatic heterocycles. The summed E-state index contributed by atoms with van der Waals surface area (Å²) in [4.78, 5) is 16.9. The van der Waals surface area contributed by atoms with Gasteiger partial charge in [-0.2, -0.15) is 5.10 Å². The molecule has 1 fully saturated rings. The fourth-order valence-corrected chi connectivity index (χ4v) is 3.62. The Morgan fingerprint density at radius 3 is 2.87 bits per heavy atom. The van der Waals surface area contributed by atoms with E-state index in [0.717, 1.165) is 41.8 Å². The van der Waals surface area contributed by atoms with Crippen molar-refractivity contribution in [2.45, 2.75) is 32.2 Å². The van der Waals surface area contributed by atoms with Crippen molar-refractivity contribution in [3.05, 3.63) is 70.9 Å². The van der Waals surface area contributed by atoms with Gasteiger partial charge in [-0.1, -0.05) is 12.1 Å². The van der Waals surface area contributed by atoms with Gasteiger partial charge in [-0.3, -0.25) is 14.5 Å². The van der Waals surface area contributed by atoms with Crippen molar-refractivity contribution < 1.29 is 13.9 Å². The lowest BCUT2D eigenvalue weighted by Crippen LogP contribution is -2.40. The fourth-order valence-electron chi connectivity index (χ4n) is 3.62. The largest absolute Gasteiger partial charge is 0.379 e. The Labute approximate surface area is 175 Å². The molecule has 3 aromatic rings. The molecule has 2 aromatic heterocycles. The van der Waals surface area contributed by atoms with Crippen LogP contribution in [-0.4, -0.2) is 39.9 Å². The predicted molar refractivity (Wildman–Crippen MR) is 112 cm³/mol. The number of hydrogen-bond acceptors (Lipinski definition) is 4. The molecule has 1 saturated heterocycles. The maximum Gasteiger partial charge on any atom is 0.270 e. The molecule has 0 saturated carbocycles. The average Bonchev–Trinajstić information content (AvgIpc) is 3.18. The third-order valence-electron chi connectivity index (χ3n) is 5.39. The molecule has 0 radical (unpaired) electrons. The third-order valence-corrected chi connectivity index (χ3v) is 5.39. The summed E-state index contributed by atoms with van der Waals surface area (Å²) in [5.74, 6) is -0.516. The monoisotopic (exact) mass is 408 g/mol. The molecule has 0 unspecified atom stereocenters. The van der Waals surface area contributed by atoms with Crippen LogP contribution in [0.2, 0.25) is 0 Å². The third kappa shape index (κ3) is 4.57. The van der Waals surface area contributed by atoms with E-state index in [1.54, 1.807) is 23.0 Å². The van der Waals surface area contributed by atoms with Gasteiger partial charge in [0.25, 0.3) is 5.91 Å². The minimum atomic E-state index is -0.292. The van der Waals surface area contributed by atoms with Crippen LogP contribution in [0.15, 0.2) is 42.7 Å². The van der Waals surface area contributed by atoms with Crippen LogP contribution in [0, 0.1) is 12.7 Å². The van der Waals surface area contributed by atoms with E-state index in [9.17, 15) is 9.18 Å². The van der Waals surface area contributed by atoms with Crippen LogP contribution in [0.5, 0.6) is 0 Å². The van der Waals surface area contributed by atoms with Gasteiger partial charge in [-0.25, -0.2) is 4.39 Å². The number of halogens is 1. The molecule has 1 amide bonds. The lowest BCUT2D eigenvalue weighted by molar-refractivity contribution is 0.0622. The van der Waals surface area contributed by atoms with Gasteiger partial charge in [0.05, 0.1) is 18.3 Å². The Morgan fingerprint density at radius 2 is 2.17 bits per heavy atom. The lowest BCUT2D eigenvalue weighted by Gasteiger charge is -2.23. The van der Waals surface area contributed by atoms with Crippen LogP contribution in [0.4, 0.5) is 4.39 Å². The highest BCUT2D eigenvalue weighted by Gasteiger charge is 2.19. The highest BCUT2D eigenvalue weighted by atomic mass is 19.1. The molecule has 7 heteroatoms. The van der Waals surface area contributed by atoms with Crippen LogP contribution in [0.25, 0.3) is 11.3 Å². The number of nitrogens with zero attached hydrogens (tertiary/aromatic N) is 3. The van der Waals surface area contributed by atoms with Crippen molar-refractivity contribution in [3.63, 3.8) is 0 Å². The maximum atomic E-state index is 14.8. The second-order valence-corrected chi connectivity index (χ2v) is 7.74. The van der Waals surface area contributed by atoms with E-state index in [2.05, 4.69) is 15.4 Å². The van der Waals surface area contributed by atoms with Gasteiger partial charge in [0, 0.05) is 38.0 Å². The minimum absolute atomic E-state index is 0.00869. The van der Waals surface area contributed by atoms with E-state index >= 15 is 0 Å². The van der Waals surface area contributed by atoms with E-state index in [4.69, 9.17) is 4.74 Å². The second-order valence-electron chi connectivity index (χ2n) is 7.74. The van der Waals surface area contributed by atoms with Gasteiger partial charge in [0.1, 0.15) is 11.5 Å². The van der Waals surface area contributed by atoms with E-state index in [0.29, 0.717) is 24.3 Å². The summed E-state index contributed by atoms with van der Waals surface area (Å²) in [7, 11) is 1.83. The summed E-state index contributed by atoms with van der Waals surface area (Å²) in [5.41, 5.74) is 4.16. The number of carbonyl (C=O) groups excluding carboxylic acids is 1. The zero-order valence-electron chi connectivity index (χ0n) is 17.2. The summed E-state index contributed by atoms with van der Waals surface area (Å²) < 4.78 is 21.9. The number of aryl methyl sites for hydroxylation is 2. The summed E-state index contributed by atoms with van der Waals surface area (Å²) in [5, 5.41) is 7.29. The SMILES string of the molecule is Cc1cnc(C(=O)N[C@@H]2CCCOC2)cc1Cc1ccc(-c2ccn(C)n2)cc1F. The standard InChI is InChI=1S/C23H25FN4O2/c1-15-13-25-22(23(29)26-19-4-3-9-30-14-19)12-18(15)10-16-5-6-17(11-20(16)24)21-7-8-28(2)27-21/h5-8,11-13,19H,3-4,9-10,14H2,1-2H3,(H,26,29)/t19-/m1/s1. The molecule has 1 N–H and O–H groups in total. The van der Waals surface area contributed by atoms with Crippen LogP contribution in [0.3, 0.4) is 0 Å². The van der Waals surface area contributed by atoms with E-state index in [1.807, 2.05) is 32.3 Å². The average molecular weight is 408 g/mol. The number of hydrogen-bond donors (Lipinski definition) is 1. The molecule has 0 spiro atoms. The Balaban J connectivity index is 1.51. The molecule has 6 nitrogen and oxygen atoms in total. The molecule has 3 heterocycles. The van der Waals surface area contributed by atoms with Crippen molar-refractivity contribution in [2.24, 2.45) is 7.05 Å². The van der Waals surface area contributed by atoms with Gasteiger partial charge in [0.2, 0.25) is 0 Å². The number of amides is 1. The number of ether oxygens (including phenoxy) is 1. The molecule has 1 aromatic carbocycles. The lowest BCUT2D eigenvalue weighted by atomic mass is 9.99. The van der Waals surface area contributed by atoms with Gasteiger partial charge in [-0.15, -0.1) is 0 Å². The van der Waals surface area contributed by atoms with Crippen molar-refractivity contribution in [1.29, 1.82) is 0 Å². The van der Waals surface area contributed by atoms with Crippen LogP contribution < -0.4 is 5.32 Å². The van der Waals surface area contributed by atoms with E-state index in [-0.39, 0.29) is 17.8 Å². The van der Waals surface area contributed by atoms with Crippen molar-refractivity contribution >= 4 is 5.91 Å². The predicted octanol–water partition coefficient (Wildman–Crippen LogP) is 3.43. The highest BCUT2D eigenvalue weighted by Crippen LogP contribution is 2.23. The Morgan fingerprint density at radius 1 is 1.30 bits per heavy atom. The number of rotatable bonds is 5. The topological polar surface area (TPSA) is 69.0 Å². The number of nitrogens with one attached hydrogen (secondary N) is 1. The molecular weight excluding hydrogens is 383 g/mol. The number of benzene rings is 1. The first kappa shape index (κ1) is 20.2. The van der Waals surface area contributed by atoms with Gasteiger partial charge in [0.15, 0.2) is 0 Å². The van der Waals surface area contributed by atoms with E-state index in [1.165, 1.54) is 6.07 Å². The van der Waals surface area contributed by atoms with Crippen LogP contribution >= 0.6 is 0 Å². The maximum absolute atomic E-state index is 14.8. The highest BCUT2D eigenvalue weighted by molar-refractivity contribution is 5.92. The van der Waals surface area contributed by atoms with E-state index < -0.39 is 0 Å². The first-order valence-electron chi connectivity index (χ1n) is 10.1. The van der Waals surface area contributed by atoms with Crippen molar-refractivity contribution in [1.82, 2.24) is 20.1 Å². The van der Waals surface area contributed by atoms with Gasteiger partial charge >= 0.3 is 0 Å². The van der Waals surface area contributed by atoms with Gasteiger partial charge in [-0.05, 0) is 54.7 Å². The molecule has 156 valence electrons. The Kier molecular flexibility index (Phi) is 5.90. The first-order chi connectivity index (χ1) is 14.5. The summed E-state index contributed by atoms with van der Waals surface area (Å²) in [6.07, 6.45) is 5.72. The molecular formula is C23H25FN4O2. The first-order valence-corrected chi connectivity index (χ1v) is 10.1. The second kappa shape index (κ2) is 8.75. The minimum Gasteiger partial charge on any atom is -0.379 e. The molecule has 1 aliphatic rings. The smallest absolute Gasteiger partial charge is 0.270 e. The summed E-state index contributed by atoms with van der Waals surface area (Å²) in [6.45, 7) is 3.18. The van der Waals surface area contributed by atoms with Crippen molar-refractivity contribution in [2.75, 3.05) is 13.2 Å². The molecule has 0 bridgehead atoms. The zero-order valence-corrected chi connectivity index (χ0v) is 17.2. The van der Waals surface area contributed by atoms with Crippen LogP contribution in [0.1, 0.15) is 40.0 Å². The Bertz CT molecular complexity index is 1060. The van der Waals surface area contributed by atoms with Gasteiger partial charge < -0.3 is 10.1 Å².